The molecule has 0 amide bonds. The number of H-pyrrole nitrogens is 1. The Kier molecular flexibility index (Phi) is 10.3. The molecule has 0 radical (unpaired) electrons. The number of nitrogens with zero attached hydrogens (tertiary/aromatic N) is 1. The Morgan fingerprint density at radius 3 is 2.67 bits per heavy atom. The number of anilines is 1. The van der Waals surface area contributed by atoms with Gasteiger partial charge in [-0.05, 0) is 84.6 Å². The summed E-state index contributed by atoms with van der Waals surface area (Å²) >= 11 is 0. The molecule has 3 atom stereocenters. The molecule has 4 aromatic rings. The number of methoxy groups -OCH3 is 1. The highest BCUT2D eigenvalue weighted by Crippen LogP contribution is 2.40. The summed E-state index contributed by atoms with van der Waals surface area (Å²) in [7, 11) is 1.42. The van der Waals surface area contributed by atoms with Gasteiger partial charge in [0.15, 0.2) is 11.5 Å². The fraction of sp³-hybridized carbons (Fsp3) is 0.385. The topological polar surface area (TPSA) is 138 Å². The molecule has 10 nitrogen and oxygen atoms in total. The fourth-order valence-electron chi connectivity index (χ4n) is 7.12. The number of hydrogen-bond donors (Lipinski definition) is 5. The average Bonchev–Trinajstić information content (AvgIpc) is 3.72. The largest absolute Gasteiger partial charge is 0.504 e. The molecule has 0 spiro atoms. The molecule has 0 saturated carbocycles. The molecular formula is C39H46N4O6. The molecule has 0 saturated heterocycles. The minimum Gasteiger partial charge on any atom is -0.504 e. The Labute approximate surface area is 286 Å². The molecule has 5 N–H and O–H groups in total. The number of aryl methyl sites for hydroxylation is 1. The smallest absolute Gasteiger partial charge is 0.302 e. The number of rotatable bonds is 4. The van der Waals surface area contributed by atoms with Gasteiger partial charge in [-0.15, -0.1) is 0 Å². The highest BCUT2D eigenvalue weighted by atomic mass is 16.5. The molecule has 2 aromatic heterocycles. The van der Waals surface area contributed by atoms with Gasteiger partial charge in [-0.2, -0.15) is 0 Å². The van der Waals surface area contributed by atoms with Crippen molar-refractivity contribution in [1.29, 1.82) is 0 Å². The van der Waals surface area contributed by atoms with Crippen LogP contribution in [0.5, 0.6) is 17.2 Å². The third-order valence-corrected chi connectivity index (χ3v) is 9.81. The van der Waals surface area contributed by atoms with E-state index in [0.717, 1.165) is 60.9 Å². The van der Waals surface area contributed by atoms with Gasteiger partial charge in [0.1, 0.15) is 17.7 Å². The Morgan fingerprint density at radius 2 is 1.88 bits per heavy atom. The molecule has 0 unspecified atom stereocenters. The summed E-state index contributed by atoms with van der Waals surface area (Å²) in [6.45, 7) is 4.29. The number of phenols is 2. The lowest BCUT2D eigenvalue weighted by molar-refractivity contribution is -0.148. The lowest BCUT2D eigenvalue weighted by Crippen LogP contribution is -2.24. The molecule has 6 rings (SSSR count). The summed E-state index contributed by atoms with van der Waals surface area (Å²) in [6.07, 6.45) is 17.3. The maximum Gasteiger partial charge on any atom is 0.302 e. The minimum atomic E-state index is -0.548. The van der Waals surface area contributed by atoms with E-state index in [0.29, 0.717) is 17.9 Å². The van der Waals surface area contributed by atoms with Crippen LogP contribution in [0, 0.1) is 5.92 Å². The number of dihydropyridines is 1. The number of Topliss-reactive ketones (excluding diaryl/α,β-unsaturated/α-hetero) is 1. The second-order valence-electron chi connectivity index (χ2n) is 13.2. The summed E-state index contributed by atoms with van der Waals surface area (Å²) in [5, 5.41) is 30.0. The number of carbonyl (C=O) groups excluding carboxylic acids is 2. The summed E-state index contributed by atoms with van der Waals surface area (Å²) in [4.78, 5) is 29.4. The van der Waals surface area contributed by atoms with Gasteiger partial charge in [-0.3, -0.25) is 9.59 Å². The van der Waals surface area contributed by atoms with Crippen molar-refractivity contribution in [3.8, 4) is 17.2 Å². The van der Waals surface area contributed by atoms with Crippen LogP contribution in [0.2, 0.25) is 0 Å². The molecule has 4 bridgehead atoms. The monoisotopic (exact) mass is 666 g/mol. The first-order chi connectivity index (χ1) is 23.7. The van der Waals surface area contributed by atoms with Crippen molar-refractivity contribution in [3.05, 3.63) is 95.4 Å². The van der Waals surface area contributed by atoms with Crippen molar-refractivity contribution in [2.75, 3.05) is 19.0 Å². The number of esters is 1. The lowest BCUT2D eigenvalue weighted by Gasteiger charge is -2.23. The van der Waals surface area contributed by atoms with Crippen LogP contribution >= 0.6 is 0 Å². The van der Waals surface area contributed by atoms with E-state index >= 15 is 0 Å². The van der Waals surface area contributed by atoms with E-state index in [2.05, 4.69) is 47.1 Å². The predicted molar refractivity (Wildman–Crippen MR) is 190 cm³/mol. The van der Waals surface area contributed by atoms with Crippen molar-refractivity contribution in [3.63, 3.8) is 0 Å². The van der Waals surface area contributed by atoms with Crippen LogP contribution in [0.15, 0.2) is 78.7 Å². The number of nitrogens with one attached hydrogen (secondary N) is 3. The molecule has 2 aliphatic rings. The maximum atomic E-state index is 13.9. The van der Waals surface area contributed by atoms with Crippen LogP contribution < -0.4 is 15.4 Å². The highest BCUT2D eigenvalue weighted by Gasteiger charge is 2.26. The van der Waals surface area contributed by atoms with Crippen molar-refractivity contribution < 1.29 is 29.3 Å². The van der Waals surface area contributed by atoms with Crippen molar-refractivity contribution in [2.24, 2.45) is 5.92 Å². The van der Waals surface area contributed by atoms with Gasteiger partial charge < -0.3 is 39.9 Å². The van der Waals surface area contributed by atoms with Crippen LogP contribution in [0.3, 0.4) is 0 Å². The van der Waals surface area contributed by atoms with E-state index in [1.165, 1.54) is 36.8 Å². The number of aromatic amines is 1. The van der Waals surface area contributed by atoms with E-state index in [1.54, 1.807) is 6.07 Å². The molecule has 2 aliphatic heterocycles. The van der Waals surface area contributed by atoms with Gasteiger partial charge in [-0.25, -0.2) is 0 Å². The summed E-state index contributed by atoms with van der Waals surface area (Å²) in [5.41, 5.74) is 5.39. The van der Waals surface area contributed by atoms with E-state index in [1.807, 2.05) is 35.2 Å². The quantitative estimate of drug-likeness (QED) is 0.116. The van der Waals surface area contributed by atoms with Crippen LogP contribution in [0.4, 0.5) is 5.69 Å². The summed E-state index contributed by atoms with van der Waals surface area (Å²) in [5.74, 6) is 0.203. The molecule has 258 valence electrons. The number of aromatic hydroxyl groups is 2. The van der Waals surface area contributed by atoms with E-state index in [9.17, 15) is 19.8 Å². The molecule has 2 aromatic carbocycles. The zero-order chi connectivity index (χ0) is 34.5. The van der Waals surface area contributed by atoms with Crippen molar-refractivity contribution in [1.82, 2.24) is 14.9 Å². The maximum absolute atomic E-state index is 13.9. The highest BCUT2D eigenvalue weighted by molar-refractivity contribution is 5.94. The molecular weight excluding hydrogens is 620 g/mol. The van der Waals surface area contributed by atoms with Crippen LogP contribution in [-0.4, -0.2) is 51.3 Å². The number of ether oxygens (including phenoxy) is 2. The fourth-order valence-corrected chi connectivity index (χ4v) is 7.12. The Morgan fingerprint density at radius 1 is 1.04 bits per heavy atom. The zero-order valence-electron chi connectivity index (χ0n) is 28.4. The number of carbonyl (C=O) groups is 2. The SMILES string of the molecule is CC[C@H]1CC[C@@H](OC(C)=O)CC(=O)C[C@H](c2cc(O)c(O)c(OC)c2)n2cc3cccc(c3c2)NC2=CC(=CCN2)CCc2c[nH]cc2C1. The normalized spacial score (nSPS) is 20.6. The molecule has 4 heterocycles. The first-order valence-corrected chi connectivity index (χ1v) is 17.2. The first kappa shape index (κ1) is 33.8. The van der Waals surface area contributed by atoms with E-state index in [-0.39, 0.29) is 35.9 Å². The predicted octanol–water partition coefficient (Wildman–Crippen LogP) is 7.04. The van der Waals surface area contributed by atoms with Gasteiger partial charge in [0.2, 0.25) is 5.75 Å². The molecule has 10 heteroatoms. The Balaban J connectivity index is 1.40. The number of benzene rings is 2. The number of hydrogen-bond acceptors (Lipinski definition) is 8. The second kappa shape index (κ2) is 15.0. The standard InChI is InChI=1S/C39H46N4O6/c1-4-25-9-11-32(49-24(2)44)18-31(45)19-35(29-16-36(46)39(47)37(17-29)48-3)43-22-28-6-5-7-34(33(28)23-43)42-38-15-26(12-13-41-38)8-10-27-20-40-21-30(27)14-25/h5-7,12,15-17,20-23,25,32,35,40-42,46-47H,4,8-11,13-14,18-19H2,1-3H3/t25-,32+,35+/m0/s1. The minimum absolute atomic E-state index is 0.0691. The van der Waals surface area contributed by atoms with E-state index < -0.39 is 18.1 Å². The Hall–Kier alpha value is -5.12. The van der Waals surface area contributed by atoms with Gasteiger partial charge in [0, 0.05) is 67.6 Å². The summed E-state index contributed by atoms with van der Waals surface area (Å²) in [6, 6.07) is 8.61. The van der Waals surface area contributed by atoms with Crippen molar-refractivity contribution in [2.45, 2.75) is 77.4 Å². The molecule has 49 heavy (non-hydrogen) atoms. The number of phenolic OH excluding ortho intramolecular Hbond substituents is 2. The number of aromatic nitrogens is 2. The summed E-state index contributed by atoms with van der Waals surface area (Å²) < 4.78 is 13.1. The molecule has 0 fully saturated rings. The van der Waals surface area contributed by atoms with Crippen LogP contribution in [0.1, 0.15) is 75.1 Å². The van der Waals surface area contributed by atoms with Crippen LogP contribution in [-0.2, 0) is 27.2 Å². The number of allylic oxidation sites excluding steroid dienone is 2. The third-order valence-electron chi connectivity index (χ3n) is 9.81. The third kappa shape index (κ3) is 7.96. The van der Waals surface area contributed by atoms with Crippen LogP contribution in [0.25, 0.3) is 10.8 Å². The van der Waals surface area contributed by atoms with Gasteiger partial charge in [0.25, 0.3) is 0 Å². The number of ketones is 1. The average molecular weight is 667 g/mol. The van der Waals surface area contributed by atoms with Crippen molar-refractivity contribution >= 4 is 28.2 Å². The van der Waals surface area contributed by atoms with E-state index in [4.69, 9.17) is 9.47 Å². The Bertz CT molecular complexity index is 1890. The van der Waals surface area contributed by atoms with Gasteiger partial charge in [-0.1, -0.05) is 31.6 Å². The number of fused-ring (bicyclic) bond motifs is 3. The van der Waals surface area contributed by atoms with Gasteiger partial charge >= 0.3 is 5.97 Å². The molecule has 0 aliphatic carbocycles. The zero-order valence-corrected chi connectivity index (χ0v) is 28.4. The second-order valence-corrected chi connectivity index (χ2v) is 13.2. The van der Waals surface area contributed by atoms with Gasteiger partial charge in [0.05, 0.1) is 13.2 Å². The first-order valence-electron chi connectivity index (χ1n) is 17.2. The lowest BCUT2D eigenvalue weighted by atomic mass is 9.89.